The monoisotopic (exact) mass is 316 g/mol. The Morgan fingerprint density at radius 3 is 1.70 bits per heavy atom. The van der Waals surface area contributed by atoms with Crippen LogP contribution in [0, 0.1) is 5.92 Å². The van der Waals surface area contributed by atoms with E-state index in [0.29, 0.717) is 0 Å². The van der Waals surface area contributed by atoms with Crippen LogP contribution in [0.15, 0.2) is 60.7 Å². The SMILES string of the molecule is CCCC(O)C(CC)CO.c1ccc(Oc2ccccc2)cc1. The van der Waals surface area contributed by atoms with E-state index in [1.807, 2.05) is 74.5 Å². The Morgan fingerprint density at radius 2 is 1.35 bits per heavy atom. The molecule has 0 aliphatic rings. The molecule has 0 bridgehead atoms. The minimum atomic E-state index is -0.306. The van der Waals surface area contributed by atoms with Crippen LogP contribution in [0.25, 0.3) is 0 Å². The smallest absolute Gasteiger partial charge is 0.127 e. The number of aliphatic hydroxyl groups is 2. The van der Waals surface area contributed by atoms with Crippen LogP contribution < -0.4 is 4.74 Å². The van der Waals surface area contributed by atoms with Crippen molar-refractivity contribution < 1.29 is 14.9 Å². The lowest BCUT2D eigenvalue weighted by Gasteiger charge is -2.17. The summed E-state index contributed by atoms with van der Waals surface area (Å²) in [5.74, 6) is 1.82. The quantitative estimate of drug-likeness (QED) is 0.782. The van der Waals surface area contributed by atoms with Gasteiger partial charge in [-0.1, -0.05) is 56.7 Å². The van der Waals surface area contributed by atoms with Crippen LogP contribution in [0.4, 0.5) is 0 Å². The first-order valence-corrected chi connectivity index (χ1v) is 8.28. The summed E-state index contributed by atoms with van der Waals surface area (Å²) in [6, 6.07) is 19.5. The third-order valence-electron chi connectivity index (χ3n) is 3.61. The molecule has 0 radical (unpaired) electrons. The van der Waals surface area contributed by atoms with E-state index in [4.69, 9.17) is 9.84 Å². The Bertz CT molecular complexity index is 457. The van der Waals surface area contributed by atoms with Gasteiger partial charge in [-0.15, -0.1) is 0 Å². The topological polar surface area (TPSA) is 49.7 Å². The summed E-state index contributed by atoms with van der Waals surface area (Å²) < 4.78 is 5.58. The standard InChI is InChI=1S/C12H10O.C8H18O2/c1-3-7-11(8-4-1)13-12-9-5-2-6-10-12;1-3-5-8(10)7(4-2)6-9/h1-10H;7-10H,3-6H2,1-2H3. The van der Waals surface area contributed by atoms with Crippen LogP contribution in [0.3, 0.4) is 0 Å². The summed E-state index contributed by atoms with van der Waals surface area (Å²) in [5, 5.41) is 18.1. The number of para-hydroxylation sites is 2. The number of aliphatic hydroxyl groups excluding tert-OH is 2. The van der Waals surface area contributed by atoms with Gasteiger partial charge in [-0.25, -0.2) is 0 Å². The largest absolute Gasteiger partial charge is 0.457 e. The van der Waals surface area contributed by atoms with Gasteiger partial charge in [0.05, 0.1) is 6.10 Å². The van der Waals surface area contributed by atoms with Crippen molar-refractivity contribution in [3.63, 3.8) is 0 Å². The predicted molar refractivity (Wildman–Crippen MR) is 94.7 cm³/mol. The van der Waals surface area contributed by atoms with Gasteiger partial charge in [-0.05, 0) is 37.1 Å². The van der Waals surface area contributed by atoms with Crippen LogP contribution in [0.5, 0.6) is 11.5 Å². The Morgan fingerprint density at radius 1 is 0.870 bits per heavy atom. The van der Waals surface area contributed by atoms with Gasteiger partial charge in [-0.2, -0.15) is 0 Å². The van der Waals surface area contributed by atoms with Crippen LogP contribution in [0.1, 0.15) is 33.1 Å². The molecule has 2 atom stereocenters. The van der Waals surface area contributed by atoms with E-state index < -0.39 is 0 Å². The molecule has 0 saturated carbocycles. The highest BCUT2D eigenvalue weighted by Gasteiger charge is 2.14. The summed E-state index contributed by atoms with van der Waals surface area (Å²) in [6.45, 7) is 4.13. The molecule has 0 aliphatic heterocycles. The third kappa shape index (κ3) is 7.82. The summed E-state index contributed by atoms with van der Waals surface area (Å²) in [5.41, 5.74) is 0. The maximum Gasteiger partial charge on any atom is 0.127 e. The highest BCUT2D eigenvalue weighted by atomic mass is 16.5. The number of benzene rings is 2. The lowest BCUT2D eigenvalue weighted by molar-refractivity contribution is 0.0584. The van der Waals surface area contributed by atoms with Crippen molar-refractivity contribution in [3.05, 3.63) is 60.7 Å². The molecule has 0 aromatic heterocycles. The summed E-state index contributed by atoms with van der Waals surface area (Å²) in [4.78, 5) is 0. The zero-order chi connectivity index (χ0) is 16.9. The van der Waals surface area contributed by atoms with Crippen molar-refractivity contribution in [3.8, 4) is 11.5 Å². The number of rotatable bonds is 7. The Kier molecular flexibility index (Phi) is 9.76. The summed E-state index contributed by atoms with van der Waals surface area (Å²) in [7, 11) is 0. The van der Waals surface area contributed by atoms with Crippen molar-refractivity contribution in [1.82, 2.24) is 0 Å². The second kappa shape index (κ2) is 11.7. The molecule has 0 amide bonds. The van der Waals surface area contributed by atoms with Gasteiger partial charge in [0.15, 0.2) is 0 Å². The molecule has 2 N–H and O–H groups in total. The van der Waals surface area contributed by atoms with Gasteiger partial charge in [0.1, 0.15) is 11.5 Å². The van der Waals surface area contributed by atoms with Crippen molar-refractivity contribution in [2.24, 2.45) is 5.92 Å². The fourth-order valence-electron chi connectivity index (χ4n) is 2.17. The lowest BCUT2D eigenvalue weighted by atomic mass is 9.97. The van der Waals surface area contributed by atoms with Crippen LogP contribution in [0.2, 0.25) is 0 Å². The minimum Gasteiger partial charge on any atom is -0.457 e. The Hall–Kier alpha value is -1.84. The third-order valence-corrected chi connectivity index (χ3v) is 3.61. The molecule has 3 nitrogen and oxygen atoms in total. The Balaban J connectivity index is 0.000000241. The first kappa shape index (κ1) is 19.2. The molecular weight excluding hydrogens is 288 g/mol. The molecule has 2 unspecified atom stereocenters. The lowest BCUT2D eigenvalue weighted by Crippen LogP contribution is -2.22. The molecule has 2 aromatic carbocycles. The van der Waals surface area contributed by atoms with Crippen LogP contribution >= 0.6 is 0 Å². The van der Waals surface area contributed by atoms with Gasteiger partial charge >= 0.3 is 0 Å². The van der Waals surface area contributed by atoms with Crippen LogP contribution in [-0.4, -0.2) is 22.9 Å². The number of ether oxygens (including phenoxy) is 1. The van der Waals surface area contributed by atoms with Gasteiger partial charge in [0.25, 0.3) is 0 Å². The van der Waals surface area contributed by atoms with Gasteiger partial charge in [0.2, 0.25) is 0 Å². The molecule has 126 valence electrons. The molecule has 23 heavy (non-hydrogen) atoms. The fourth-order valence-corrected chi connectivity index (χ4v) is 2.17. The fraction of sp³-hybridized carbons (Fsp3) is 0.400. The maximum atomic E-state index is 9.35. The van der Waals surface area contributed by atoms with E-state index in [1.165, 1.54) is 0 Å². The van der Waals surface area contributed by atoms with Crippen molar-refractivity contribution in [2.45, 2.75) is 39.2 Å². The van der Waals surface area contributed by atoms with E-state index in [9.17, 15) is 5.11 Å². The van der Waals surface area contributed by atoms with E-state index in [1.54, 1.807) is 0 Å². The second-order valence-corrected chi connectivity index (χ2v) is 5.44. The average Bonchev–Trinajstić information content (AvgIpc) is 2.59. The Labute approximate surface area is 139 Å². The van der Waals surface area contributed by atoms with Crippen molar-refractivity contribution in [2.75, 3.05) is 6.61 Å². The highest BCUT2D eigenvalue weighted by molar-refractivity contribution is 5.30. The molecule has 2 aromatic rings. The van der Waals surface area contributed by atoms with Gasteiger partial charge < -0.3 is 14.9 Å². The summed E-state index contributed by atoms with van der Waals surface area (Å²) in [6.07, 6.45) is 2.34. The van der Waals surface area contributed by atoms with E-state index in [-0.39, 0.29) is 18.6 Å². The number of hydrogen-bond acceptors (Lipinski definition) is 3. The molecule has 0 fully saturated rings. The second-order valence-electron chi connectivity index (χ2n) is 5.44. The molecule has 3 heteroatoms. The van der Waals surface area contributed by atoms with Crippen molar-refractivity contribution >= 4 is 0 Å². The molecule has 0 spiro atoms. The minimum absolute atomic E-state index is 0.0833. The van der Waals surface area contributed by atoms with E-state index in [0.717, 1.165) is 30.8 Å². The molecule has 0 heterocycles. The average molecular weight is 316 g/mol. The highest BCUT2D eigenvalue weighted by Crippen LogP contribution is 2.19. The number of hydrogen-bond donors (Lipinski definition) is 2. The van der Waals surface area contributed by atoms with E-state index >= 15 is 0 Å². The molecule has 0 aliphatic carbocycles. The molecule has 0 saturated heterocycles. The van der Waals surface area contributed by atoms with Crippen LogP contribution in [-0.2, 0) is 0 Å². The first-order chi connectivity index (χ1) is 11.2. The maximum absolute atomic E-state index is 9.35. The molecular formula is C20H28O3. The zero-order valence-electron chi connectivity index (χ0n) is 14.1. The van der Waals surface area contributed by atoms with Gasteiger partial charge in [-0.3, -0.25) is 0 Å². The first-order valence-electron chi connectivity index (χ1n) is 8.28. The van der Waals surface area contributed by atoms with E-state index in [2.05, 4.69) is 0 Å². The molecule has 2 rings (SSSR count). The normalized spacial score (nSPS) is 12.7. The zero-order valence-corrected chi connectivity index (χ0v) is 14.1. The van der Waals surface area contributed by atoms with Gasteiger partial charge in [0, 0.05) is 12.5 Å². The summed E-state index contributed by atoms with van der Waals surface area (Å²) >= 11 is 0. The predicted octanol–water partition coefficient (Wildman–Crippen LogP) is 4.64. The van der Waals surface area contributed by atoms with Crippen molar-refractivity contribution in [1.29, 1.82) is 0 Å².